The lowest BCUT2D eigenvalue weighted by Gasteiger charge is -2.09. The Morgan fingerprint density at radius 3 is 2.58 bits per heavy atom. The zero-order chi connectivity index (χ0) is 17.1. The maximum Gasteiger partial charge on any atom is 0.360 e. The number of benzene rings is 2. The first-order valence-corrected chi connectivity index (χ1v) is 7.27. The van der Waals surface area contributed by atoms with Crippen molar-refractivity contribution in [3.05, 3.63) is 66.2 Å². The van der Waals surface area contributed by atoms with E-state index in [2.05, 4.69) is 4.98 Å². The second kappa shape index (κ2) is 6.62. The predicted octanol–water partition coefficient (Wildman–Crippen LogP) is 4.46. The van der Waals surface area contributed by atoms with Gasteiger partial charge in [0.05, 0.1) is 6.61 Å². The van der Waals surface area contributed by atoms with E-state index in [9.17, 15) is 13.6 Å². The molecular formula is C18H13F2NO3. The number of ether oxygens (including phenoxy) is 1. The maximum atomic E-state index is 13.6. The number of oxazole rings is 1. The lowest BCUT2D eigenvalue weighted by Crippen LogP contribution is -2.06. The quantitative estimate of drug-likeness (QED) is 0.663. The normalized spacial score (nSPS) is 10.6. The minimum absolute atomic E-state index is 0.0342. The summed E-state index contributed by atoms with van der Waals surface area (Å²) in [5.74, 6) is -2.27. The number of halogens is 2. The van der Waals surface area contributed by atoms with Crippen LogP contribution in [0.4, 0.5) is 8.78 Å². The summed E-state index contributed by atoms with van der Waals surface area (Å²) in [6, 6.07) is 10.5. The average Bonchev–Trinajstić information content (AvgIpc) is 3.07. The van der Waals surface area contributed by atoms with Crippen molar-refractivity contribution in [1.29, 1.82) is 0 Å². The number of hydrogen-bond donors (Lipinski definition) is 0. The molecule has 6 heteroatoms. The first-order chi connectivity index (χ1) is 11.6. The zero-order valence-corrected chi connectivity index (χ0v) is 12.8. The molecule has 0 N–H and O–H groups in total. The van der Waals surface area contributed by atoms with E-state index in [0.717, 1.165) is 18.5 Å². The predicted molar refractivity (Wildman–Crippen MR) is 83.2 cm³/mol. The van der Waals surface area contributed by atoms with Crippen molar-refractivity contribution in [1.82, 2.24) is 4.98 Å². The van der Waals surface area contributed by atoms with E-state index >= 15 is 0 Å². The fourth-order valence-electron chi connectivity index (χ4n) is 2.38. The molecule has 3 rings (SSSR count). The largest absolute Gasteiger partial charge is 0.461 e. The Bertz CT molecular complexity index is 889. The van der Waals surface area contributed by atoms with Gasteiger partial charge in [-0.3, -0.25) is 0 Å². The number of hydrogen-bond acceptors (Lipinski definition) is 4. The standard InChI is InChI=1S/C18H13F2NO3/c1-2-23-18(22)16-17(24-10-21-16)13-6-4-3-5-12(13)11-7-8-14(19)15(20)9-11/h3-10H,2H2,1H3. The van der Waals surface area contributed by atoms with Crippen LogP contribution in [0.1, 0.15) is 17.4 Å². The van der Waals surface area contributed by atoms with Crippen LogP contribution >= 0.6 is 0 Å². The van der Waals surface area contributed by atoms with Gasteiger partial charge in [0.15, 0.2) is 29.5 Å². The van der Waals surface area contributed by atoms with Crippen molar-refractivity contribution in [2.45, 2.75) is 6.92 Å². The molecule has 0 spiro atoms. The van der Waals surface area contributed by atoms with Gasteiger partial charge in [0.1, 0.15) is 0 Å². The topological polar surface area (TPSA) is 52.3 Å². The average molecular weight is 329 g/mol. The molecule has 0 atom stereocenters. The summed E-state index contributed by atoms with van der Waals surface area (Å²) < 4.78 is 37.1. The van der Waals surface area contributed by atoms with Gasteiger partial charge in [0, 0.05) is 5.56 Å². The molecule has 3 aromatic rings. The number of nitrogens with zero attached hydrogens (tertiary/aromatic N) is 1. The van der Waals surface area contributed by atoms with E-state index in [1.165, 1.54) is 6.07 Å². The lowest BCUT2D eigenvalue weighted by atomic mass is 9.97. The third-order valence-corrected chi connectivity index (χ3v) is 3.44. The first kappa shape index (κ1) is 15.9. The van der Waals surface area contributed by atoms with Crippen LogP contribution in [-0.4, -0.2) is 17.6 Å². The highest BCUT2D eigenvalue weighted by Crippen LogP contribution is 2.34. The molecule has 0 saturated heterocycles. The van der Waals surface area contributed by atoms with Gasteiger partial charge >= 0.3 is 5.97 Å². The van der Waals surface area contributed by atoms with Crippen molar-refractivity contribution in [3.8, 4) is 22.5 Å². The fourth-order valence-corrected chi connectivity index (χ4v) is 2.38. The summed E-state index contributed by atoms with van der Waals surface area (Å²) in [6.07, 6.45) is 1.14. The van der Waals surface area contributed by atoms with E-state index in [1.807, 2.05) is 0 Å². The van der Waals surface area contributed by atoms with Crippen molar-refractivity contribution in [3.63, 3.8) is 0 Å². The molecule has 4 nitrogen and oxygen atoms in total. The Labute approximate surface area is 136 Å². The minimum atomic E-state index is -0.953. The summed E-state index contributed by atoms with van der Waals surface area (Å²) >= 11 is 0. The lowest BCUT2D eigenvalue weighted by molar-refractivity contribution is 0.0520. The molecule has 24 heavy (non-hydrogen) atoms. The summed E-state index contributed by atoms with van der Waals surface area (Å²) in [7, 11) is 0. The van der Waals surface area contributed by atoms with Gasteiger partial charge in [-0.1, -0.05) is 30.3 Å². The molecule has 1 aromatic heterocycles. The highest BCUT2D eigenvalue weighted by Gasteiger charge is 2.22. The van der Waals surface area contributed by atoms with E-state index in [-0.39, 0.29) is 18.1 Å². The Hall–Kier alpha value is -3.02. The highest BCUT2D eigenvalue weighted by molar-refractivity contribution is 5.96. The SMILES string of the molecule is CCOC(=O)c1ncoc1-c1ccccc1-c1ccc(F)c(F)c1. The van der Waals surface area contributed by atoms with Crippen LogP contribution in [0.3, 0.4) is 0 Å². The van der Waals surface area contributed by atoms with Gasteiger partial charge in [-0.25, -0.2) is 18.6 Å². The van der Waals surface area contributed by atoms with Crippen LogP contribution in [0.25, 0.3) is 22.5 Å². The van der Waals surface area contributed by atoms with E-state index in [0.29, 0.717) is 16.7 Å². The van der Waals surface area contributed by atoms with Crippen molar-refractivity contribution in [2.24, 2.45) is 0 Å². The van der Waals surface area contributed by atoms with Gasteiger partial charge in [-0.05, 0) is 30.2 Å². The summed E-state index contributed by atoms with van der Waals surface area (Å²) in [5, 5.41) is 0. The minimum Gasteiger partial charge on any atom is -0.461 e. The molecule has 0 amide bonds. The number of esters is 1. The molecule has 1 heterocycles. The molecular weight excluding hydrogens is 316 g/mol. The Balaban J connectivity index is 2.13. The van der Waals surface area contributed by atoms with E-state index in [4.69, 9.17) is 9.15 Å². The molecule has 0 aliphatic heterocycles. The number of carbonyl (C=O) groups excluding carboxylic acids is 1. The molecule has 0 aliphatic carbocycles. The van der Waals surface area contributed by atoms with Crippen LogP contribution in [0.15, 0.2) is 53.3 Å². The van der Waals surface area contributed by atoms with Crippen LogP contribution in [0.2, 0.25) is 0 Å². The molecule has 0 saturated carbocycles. The van der Waals surface area contributed by atoms with Gasteiger partial charge in [-0.2, -0.15) is 0 Å². The van der Waals surface area contributed by atoms with Crippen LogP contribution in [-0.2, 0) is 4.74 Å². The Morgan fingerprint density at radius 2 is 1.88 bits per heavy atom. The van der Waals surface area contributed by atoms with E-state index in [1.54, 1.807) is 31.2 Å². The van der Waals surface area contributed by atoms with Crippen LogP contribution in [0, 0.1) is 11.6 Å². The summed E-state index contributed by atoms with van der Waals surface area (Å²) in [6.45, 7) is 1.89. The molecule has 0 bridgehead atoms. The third-order valence-electron chi connectivity index (χ3n) is 3.44. The van der Waals surface area contributed by atoms with Gasteiger partial charge in [0.2, 0.25) is 0 Å². The van der Waals surface area contributed by atoms with Crippen molar-refractivity contribution < 1.29 is 22.7 Å². The van der Waals surface area contributed by atoms with E-state index < -0.39 is 17.6 Å². The highest BCUT2D eigenvalue weighted by atomic mass is 19.2. The summed E-state index contributed by atoms with van der Waals surface area (Å²) in [4.78, 5) is 15.9. The van der Waals surface area contributed by atoms with Crippen molar-refractivity contribution in [2.75, 3.05) is 6.61 Å². The molecule has 2 aromatic carbocycles. The first-order valence-electron chi connectivity index (χ1n) is 7.27. The van der Waals surface area contributed by atoms with Gasteiger partial charge in [-0.15, -0.1) is 0 Å². The molecule has 0 aliphatic rings. The Morgan fingerprint density at radius 1 is 1.12 bits per heavy atom. The van der Waals surface area contributed by atoms with Crippen LogP contribution < -0.4 is 0 Å². The summed E-state index contributed by atoms with van der Waals surface area (Å²) in [5.41, 5.74) is 1.60. The zero-order valence-electron chi connectivity index (χ0n) is 12.8. The third kappa shape index (κ3) is 2.90. The van der Waals surface area contributed by atoms with Gasteiger partial charge in [0.25, 0.3) is 0 Å². The molecule has 122 valence electrons. The Kier molecular flexibility index (Phi) is 4.37. The molecule has 0 radical (unpaired) electrons. The maximum absolute atomic E-state index is 13.6. The fraction of sp³-hybridized carbons (Fsp3) is 0.111. The smallest absolute Gasteiger partial charge is 0.360 e. The molecule has 0 fully saturated rings. The van der Waals surface area contributed by atoms with Crippen molar-refractivity contribution >= 4 is 5.97 Å². The van der Waals surface area contributed by atoms with Gasteiger partial charge < -0.3 is 9.15 Å². The second-order valence-corrected chi connectivity index (χ2v) is 4.93. The number of aromatic nitrogens is 1. The second-order valence-electron chi connectivity index (χ2n) is 4.93. The molecule has 0 unspecified atom stereocenters. The number of carbonyl (C=O) groups is 1. The van der Waals surface area contributed by atoms with Crippen LogP contribution in [0.5, 0.6) is 0 Å². The number of rotatable bonds is 4. The monoisotopic (exact) mass is 329 g/mol.